The van der Waals surface area contributed by atoms with Gasteiger partial charge >= 0.3 is 11.6 Å². The molecule has 2 aromatic carbocycles. The zero-order valence-electron chi connectivity index (χ0n) is 21.3. The Morgan fingerprint density at radius 3 is 2.17 bits per heavy atom. The SMILES string of the molecule is CCc1c(C)c2ccc(OC(C)C)c(COC(=O)Cc3cc(OC)c(OC)c(OC)c3)c2oc1=O. The van der Waals surface area contributed by atoms with Crippen molar-refractivity contribution >= 4 is 16.9 Å². The monoisotopic (exact) mass is 484 g/mol. The first kappa shape index (κ1) is 25.9. The fourth-order valence-electron chi connectivity index (χ4n) is 4.01. The summed E-state index contributed by atoms with van der Waals surface area (Å²) in [4.78, 5) is 25.3. The van der Waals surface area contributed by atoms with Gasteiger partial charge in [-0.15, -0.1) is 0 Å². The number of carbonyl (C=O) groups is 1. The average molecular weight is 485 g/mol. The molecule has 0 aliphatic heterocycles. The molecule has 0 N–H and O–H groups in total. The van der Waals surface area contributed by atoms with Crippen molar-refractivity contribution in [2.24, 2.45) is 0 Å². The minimum Gasteiger partial charge on any atom is -0.493 e. The normalized spacial score (nSPS) is 11.0. The van der Waals surface area contributed by atoms with Crippen LogP contribution in [0, 0.1) is 6.92 Å². The van der Waals surface area contributed by atoms with Crippen molar-refractivity contribution in [1.82, 2.24) is 0 Å². The third-order valence-corrected chi connectivity index (χ3v) is 5.68. The maximum Gasteiger partial charge on any atom is 0.339 e. The second-order valence-electron chi connectivity index (χ2n) is 8.30. The van der Waals surface area contributed by atoms with Crippen LogP contribution < -0.4 is 24.6 Å². The van der Waals surface area contributed by atoms with E-state index < -0.39 is 11.6 Å². The van der Waals surface area contributed by atoms with E-state index in [1.54, 1.807) is 12.1 Å². The van der Waals surface area contributed by atoms with Crippen molar-refractivity contribution in [2.75, 3.05) is 21.3 Å². The number of hydrogen-bond acceptors (Lipinski definition) is 8. The molecule has 35 heavy (non-hydrogen) atoms. The summed E-state index contributed by atoms with van der Waals surface area (Å²) in [6.45, 7) is 7.48. The first-order valence-corrected chi connectivity index (χ1v) is 11.4. The Bertz CT molecular complexity index is 1250. The third kappa shape index (κ3) is 5.53. The topological polar surface area (TPSA) is 93.4 Å². The molecule has 0 spiro atoms. The van der Waals surface area contributed by atoms with Crippen LogP contribution >= 0.6 is 0 Å². The number of hydrogen-bond donors (Lipinski definition) is 0. The molecule has 0 atom stereocenters. The molecule has 0 radical (unpaired) electrons. The molecule has 0 fully saturated rings. The Balaban J connectivity index is 1.93. The lowest BCUT2D eigenvalue weighted by molar-refractivity contribution is -0.144. The van der Waals surface area contributed by atoms with E-state index in [-0.39, 0.29) is 19.1 Å². The highest BCUT2D eigenvalue weighted by molar-refractivity contribution is 5.86. The summed E-state index contributed by atoms with van der Waals surface area (Å²) in [7, 11) is 4.53. The van der Waals surface area contributed by atoms with Crippen molar-refractivity contribution in [1.29, 1.82) is 0 Å². The van der Waals surface area contributed by atoms with E-state index in [1.165, 1.54) is 21.3 Å². The number of aryl methyl sites for hydroxylation is 1. The van der Waals surface area contributed by atoms with Gasteiger partial charge in [-0.2, -0.15) is 0 Å². The van der Waals surface area contributed by atoms with Gasteiger partial charge in [0.25, 0.3) is 0 Å². The van der Waals surface area contributed by atoms with Crippen LogP contribution in [-0.2, 0) is 29.0 Å². The maximum atomic E-state index is 12.8. The van der Waals surface area contributed by atoms with Gasteiger partial charge in [-0.1, -0.05) is 6.92 Å². The third-order valence-electron chi connectivity index (χ3n) is 5.68. The molecule has 0 unspecified atom stereocenters. The summed E-state index contributed by atoms with van der Waals surface area (Å²) < 4.78 is 33.3. The summed E-state index contributed by atoms with van der Waals surface area (Å²) in [5.41, 5.74) is 2.58. The van der Waals surface area contributed by atoms with Crippen LogP contribution in [0.2, 0.25) is 0 Å². The van der Waals surface area contributed by atoms with Crippen molar-refractivity contribution in [2.45, 2.75) is 53.2 Å². The Morgan fingerprint density at radius 1 is 0.971 bits per heavy atom. The first-order valence-electron chi connectivity index (χ1n) is 11.4. The van der Waals surface area contributed by atoms with Gasteiger partial charge in [0, 0.05) is 10.9 Å². The van der Waals surface area contributed by atoms with E-state index in [4.69, 9.17) is 28.1 Å². The van der Waals surface area contributed by atoms with Crippen LogP contribution in [0.5, 0.6) is 23.0 Å². The van der Waals surface area contributed by atoms with Gasteiger partial charge in [0.1, 0.15) is 17.9 Å². The van der Waals surface area contributed by atoms with E-state index in [0.717, 1.165) is 10.9 Å². The zero-order chi connectivity index (χ0) is 25.7. The van der Waals surface area contributed by atoms with Gasteiger partial charge in [-0.25, -0.2) is 4.79 Å². The Kier molecular flexibility index (Phi) is 8.27. The minimum absolute atomic E-state index is 0.0230. The van der Waals surface area contributed by atoms with Crippen LogP contribution in [-0.4, -0.2) is 33.4 Å². The largest absolute Gasteiger partial charge is 0.493 e. The molecule has 3 rings (SSSR count). The van der Waals surface area contributed by atoms with E-state index in [0.29, 0.717) is 51.7 Å². The molecule has 188 valence electrons. The molecule has 8 nitrogen and oxygen atoms in total. The highest BCUT2D eigenvalue weighted by atomic mass is 16.5. The number of ether oxygens (including phenoxy) is 5. The molecule has 0 amide bonds. The molecule has 3 aromatic rings. The van der Waals surface area contributed by atoms with Crippen molar-refractivity contribution in [3.8, 4) is 23.0 Å². The minimum atomic E-state index is -0.476. The van der Waals surface area contributed by atoms with E-state index in [2.05, 4.69) is 0 Å². The smallest absolute Gasteiger partial charge is 0.339 e. The number of esters is 1. The number of carbonyl (C=O) groups excluding carboxylic acids is 1. The lowest BCUT2D eigenvalue weighted by Crippen LogP contribution is -2.14. The maximum absolute atomic E-state index is 12.8. The number of rotatable bonds is 10. The molecule has 0 aliphatic rings. The van der Waals surface area contributed by atoms with Crippen LogP contribution in [0.3, 0.4) is 0 Å². The summed E-state index contributed by atoms with van der Waals surface area (Å²) in [6, 6.07) is 7.08. The van der Waals surface area contributed by atoms with Crippen LogP contribution in [0.4, 0.5) is 0 Å². The molecule has 8 heteroatoms. The van der Waals surface area contributed by atoms with Crippen LogP contribution in [0.25, 0.3) is 11.0 Å². The Morgan fingerprint density at radius 2 is 1.63 bits per heavy atom. The summed E-state index contributed by atoms with van der Waals surface area (Å²) in [5, 5.41) is 0.785. The van der Waals surface area contributed by atoms with Crippen molar-refractivity contribution in [3.63, 3.8) is 0 Å². The quantitative estimate of drug-likeness (QED) is 0.300. The first-order chi connectivity index (χ1) is 16.7. The van der Waals surface area contributed by atoms with Crippen LogP contribution in [0.15, 0.2) is 33.5 Å². The summed E-state index contributed by atoms with van der Waals surface area (Å²) in [5.74, 6) is 1.35. The van der Waals surface area contributed by atoms with Crippen LogP contribution in [0.1, 0.15) is 43.0 Å². The fraction of sp³-hybridized carbons (Fsp3) is 0.407. The van der Waals surface area contributed by atoms with Crippen molar-refractivity contribution in [3.05, 3.63) is 56.9 Å². The fourth-order valence-corrected chi connectivity index (χ4v) is 4.01. The molecule has 0 bridgehead atoms. The van der Waals surface area contributed by atoms with E-state index in [9.17, 15) is 9.59 Å². The van der Waals surface area contributed by atoms with Gasteiger partial charge in [0.2, 0.25) is 5.75 Å². The molecule has 1 aromatic heterocycles. The van der Waals surface area contributed by atoms with Gasteiger partial charge < -0.3 is 28.1 Å². The lowest BCUT2D eigenvalue weighted by atomic mass is 10.0. The summed E-state index contributed by atoms with van der Waals surface area (Å²) >= 11 is 0. The Hall–Kier alpha value is -3.68. The van der Waals surface area contributed by atoms with E-state index >= 15 is 0 Å². The Labute approximate surface area is 204 Å². The molecule has 1 heterocycles. The molecule has 0 saturated carbocycles. The molecule has 0 saturated heterocycles. The number of benzene rings is 2. The lowest BCUT2D eigenvalue weighted by Gasteiger charge is -2.17. The van der Waals surface area contributed by atoms with Gasteiger partial charge in [-0.3, -0.25) is 4.79 Å². The zero-order valence-corrected chi connectivity index (χ0v) is 21.3. The average Bonchev–Trinajstić information content (AvgIpc) is 2.82. The second kappa shape index (κ2) is 11.2. The predicted molar refractivity (Wildman–Crippen MR) is 132 cm³/mol. The second-order valence-corrected chi connectivity index (χ2v) is 8.30. The van der Waals surface area contributed by atoms with Gasteiger partial charge in [0.15, 0.2) is 11.5 Å². The predicted octanol–water partition coefficient (Wildman–Crippen LogP) is 4.76. The standard InChI is InChI=1S/C27H32O8/c1-8-18-16(4)19-9-10-21(34-15(2)3)20(25(19)35-27(18)29)14-33-24(28)13-17-11-22(30-5)26(32-7)23(12-17)31-6/h9-12,15H,8,13-14H2,1-7H3. The highest BCUT2D eigenvalue weighted by Crippen LogP contribution is 2.38. The molecule has 0 aliphatic carbocycles. The van der Waals surface area contributed by atoms with Gasteiger partial charge in [-0.05, 0) is 62.6 Å². The number of fused-ring (bicyclic) bond motifs is 1. The van der Waals surface area contributed by atoms with Gasteiger partial charge in [0.05, 0.1) is 39.4 Å². The summed E-state index contributed by atoms with van der Waals surface area (Å²) in [6.07, 6.45) is 0.419. The highest BCUT2D eigenvalue weighted by Gasteiger charge is 2.20. The molecular weight excluding hydrogens is 452 g/mol. The molecular formula is C27H32O8. The van der Waals surface area contributed by atoms with Crippen molar-refractivity contribution < 1.29 is 32.9 Å². The number of methoxy groups -OCH3 is 3. The van der Waals surface area contributed by atoms with E-state index in [1.807, 2.05) is 39.8 Å².